The van der Waals surface area contributed by atoms with Crippen LogP contribution in [0.2, 0.25) is 5.15 Å². The summed E-state index contributed by atoms with van der Waals surface area (Å²) < 4.78 is 5.69. The quantitative estimate of drug-likeness (QED) is 0.459. The number of hydrogen-bond acceptors (Lipinski definition) is 4. The van der Waals surface area contributed by atoms with Crippen molar-refractivity contribution in [3.8, 4) is 11.6 Å². The summed E-state index contributed by atoms with van der Waals surface area (Å²) in [6.07, 6.45) is 4.12. The van der Waals surface area contributed by atoms with E-state index in [1.807, 2.05) is 18.4 Å². The molecule has 0 spiro atoms. The fourth-order valence-corrected chi connectivity index (χ4v) is 2.25. The summed E-state index contributed by atoms with van der Waals surface area (Å²) in [4.78, 5) is 8.32. The molecule has 19 heavy (non-hydrogen) atoms. The van der Waals surface area contributed by atoms with Crippen molar-refractivity contribution in [3.63, 3.8) is 0 Å². The molecule has 0 N–H and O–H groups in total. The van der Waals surface area contributed by atoms with E-state index in [-0.39, 0.29) is 0 Å². The maximum absolute atomic E-state index is 5.92. The molecule has 0 saturated heterocycles. The largest absolute Gasteiger partial charge is 0.439 e. The second kappa shape index (κ2) is 6.78. The van der Waals surface area contributed by atoms with Gasteiger partial charge in [0.05, 0.1) is 0 Å². The summed E-state index contributed by atoms with van der Waals surface area (Å²) in [5.74, 6) is 1.22. The Bertz CT molecular complexity index is 546. The summed E-state index contributed by atoms with van der Waals surface area (Å²) in [7, 11) is 0. The summed E-state index contributed by atoms with van der Waals surface area (Å²) in [5.41, 5.74) is 1.31. The number of aromatic nitrogens is 2. The van der Waals surface area contributed by atoms with Crippen LogP contribution in [0, 0.1) is 0 Å². The van der Waals surface area contributed by atoms with Gasteiger partial charge in [-0.15, -0.1) is 0 Å². The fraction of sp³-hybridized carbons (Fsp3) is 0.286. The molecule has 100 valence electrons. The van der Waals surface area contributed by atoms with Crippen LogP contribution in [-0.4, -0.2) is 16.2 Å². The van der Waals surface area contributed by atoms with Gasteiger partial charge in [-0.1, -0.05) is 48.8 Å². The van der Waals surface area contributed by atoms with Crippen LogP contribution in [0.1, 0.15) is 18.9 Å². The number of benzene rings is 1. The van der Waals surface area contributed by atoms with Gasteiger partial charge in [-0.2, -0.15) is 4.98 Å². The van der Waals surface area contributed by atoms with Crippen LogP contribution in [0.5, 0.6) is 11.6 Å². The van der Waals surface area contributed by atoms with Gasteiger partial charge in [0, 0.05) is 6.07 Å². The van der Waals surface area contributed by atoms with Crippen molar-refractivity contribution >= 4 is 23.4 Å². The Kier molecular flexibility index (Phi) is 5.05. The highest BCUT2D eigenvalue weighted by Crippen LogP contribution is 2.24. The van der Waals surface area contributed by atoms with Crippen molar-refractivity contribution in [2.24, 2.45) is 0 Å². The first-order valence-electron chi connectivity index (χ1n) is 6.06. The van der Waals surface area contributed by atoms with Crippen LogP contribution in [0.3, 0.4) is 0 Å². The molecule has 0 aliphatic heterocycles. The average molecular weight is 295 g/mol. The molecule has 1 aromatic carbocycles. The Morgan fingerprint density at radius 3 is 2.58 bits per heavy atom. The predicted octanol–water partition coefficient (Wildman–Crippen LogP) is 4.60. The molecule has 3 nitrogen and oxygen atoms in total. The van der Waals surface area contributed by atoms with Gasteiger partial charge in [0.15, 0.2) is 5.16 Å². The van der Waals surface area contributed by atoms with Crippen LogP contribution < -0.4 is 4.74 Å². The van der Waals surface area contributed by atoms with Gasteiger partial charge in [-0.25, -0.2) is 4.98 Å². The van der Waals surface area contributed by atoms with E-state index >= 15 is 0 Å². The third-order valence-electron chi connectivity index (χ3n) is 2.52. The minimum atomic E-state index is 0.386. The van der Waals surface area contributed by atoms with Gasteiger partial charge >= 0.3 is 0 Å². The first-order valence-corrected chi connectivity index (χ1v) is 7.67. The van der Waals surface area contributed by atoms with Gasteiger partial charge in [0.25, 0.3) is 0 Å². The van der Waals surface area contributed by atoms with E-state index in [1.165, 1.54) is 17.3 Å². The van der Waals surface area contributed by atoms with Gasteiger partial charge in [-0.05, 0) is 30.4 Å². The third kappa shape index (κ3) is 4.11. The molecule has 0 saturated carbocycles. The number of nitrogens with zero attached hydrogens (tertiary/aromatic N) is 2. The van der Waals surface area contributed by atoms with Crippen molar-refractivity contribution < 1.29 is 4.74 Å². The third-order valence-corrected chi connectivity index (χ3v) is 3.26. The molecule has 0 aliphatic rings. The minimum absolute atomic E-state index is 0.386. The lowest BCUT2D eigenvalue weighted by molar-refractivity contribution is 0.455. The van der Waals surface area contributed by atoms with Crippen LogP contribution in [0.25, 0.3) is 0 Å². The summed E-state index contributed by atoms with van der Waals surface area (Å²) >= 11 is 7.35. The lowest BCUT2D eigenvalue weighted by atomic mass is 10.1. The van der Waals surface area contributed by atoms with E-state index in [0.29, 0.717) is 16.2 Å². The van der Waals surface area contributed by atoms with E-state index in [4.69, 9.17) is 16.3 Å². The van der Waals surface area contributed by atoms with Crippen molar-refractivity contribution in [2.45, 2.75) is 24.9 Å². The second-order valence-electron chi connectivity index (χ2n) is 4.01. The molecular formula is C14H15ClN2OS. The number of halogens is 1. The fourth-order valence-electron chi connectivity index (χ4n) is 1.65. The van der Waals surface area contributed by atoms with Crippen molar-refractivity contribution in [3.05, 3.63) is 41.0 Å². The normalized spacial score (nSPS) is 10.5. The SMILES string of the molecule is CCCc1ccc(Oc2cc(Cl)nc(SC)n2)cc1. The number of ether oxygens (including phenoxy) is 1. The molecule has 1 heterocycles. The first-order chi connectivity index (χ1) is 9.21. The molecule has 5 heteroatoms. The topological polar surface area (TPSA) is 35.0 Å². The minimum Gasteiger partial charge on any atom is -0.439 e. The zero-order valence-electron chi connectivity index (χ0n) is 10.9. The number of hydrogen-bond donors (Lipinski definition) is 0. The zero-order chi connectivity index (χ0) is 13.7. The van der Waals surface area contributed by atoms with Crippen LogP contribution >= 0.6 is 23.4 Å². The van der Waals surface area contributed by atoms with E-state index in [9.17, 15) is 0 Å². The molecule has 0 radical (unpaired) electrons. The maximum atomic E-state index is 5.92. The Balaban J connectivity index is 2.14. The highest BCUT2D eigenvalue weighted by atomic mass is 35.5. The lowest BCUT2D eigenvalue weighted by Gasteiger charge is -2.07. The van der Waals surface area contributed by atoms with E-state index in [1.54, 1.807) is 6.07 Å². The van der Waals surface area contributed by atoms with Gasteiger partial charge in [0.1, 0.15) is 10.9 Å². The number of aryl methyl sites for hydroxylation is 1. The number of thioether (sulfide) groups is 1. The summed E-state index contributed by atoms with van der Waals surface area (Å²) in [6, 6.07) is 9.63. The van der Waals surface area contributed by atoms with E-state index in [2.05, 4.69) is 29.0 Å². The first kappa shape index (κ1) is 14.2. The molecule has 0 bridgehead atoms. The van der Waals surface area contributed by atoms with E-state index < -0.39 is 0 Å². The Labute approximate surface area is 122 Å². The summed E-state index contributed by atoms with van der Waals surface area (Å²) in [5, 5.41) is 0.988. The molecule has 0 amide bonds. The predicted molar refractivity (Wildman–Crippen MR) is 79.3 cm³/mol. The molecule has 0 unspecified atom stereocenters. The number of rotatable bonds is 5. The molecular weight excluding hydrogens is 280 g/mol. The summed E-state index contributed by atoms with van der Waals surface area (Å²) in [6.45, 7) is 2.16. The monoisotopic (exact) mass is 294 g/mol. The van der Waals surface area contributed by atoms with Crippen molar-refractivity contribution in [2.75, 3.05) is 6.26 Å². The van der Waals surface area contributed by atoms with Gasteiger partial charge < -0.3 is 4.74 Å². The molecule has 0 fully saturated rings. The molecule has 0 atom stereocenters. The molecule has 0 aliphatic carbocycles. The van der Waals surface area contributed by atoms with Crippen LogP contribution in [-0.2, 0) is 6.42 Å². The molecule has 2 aromatic rings. The average Bonchev–Trinajstić information content (AvgIpc) is 2.40. The highest BCUT2D eigenvalue weighted by Gasteiger charge is 2.05. The second-order valence-corrected chi connectivity index (χ2v) is 5.17. The van der Waals surface area contributed by atoms with Crippen LogP contribution in [0.15, 0.2) is 35.5 Å². The smallest absolute Gasteiger partial charge is 0.224 e. The standard InChI is InChI=1S/C14H15ClN2OS/c1-3-4-10-5-7-11(8-6-10)18-13-9-12(15)16-14(17-13)19-2/h5-9H,3-4H2,1-2H3. The van der Waals surface area contributed by atoms with Crippen LogP contribution in [0.4, 0.5) is 0 Å². The zero-order valence-corrected chi connectivity index (χ0v) is 12.5. The van der Waals surface area contributed by atoms with Gasteiger partial charge in [0.2, 0.25) is 5.88 Å². The Morgan fingerprint density at radius 2 is 1.95 bits per heavy atom. The molecule has 1 aromatic heterocycles. The maximum Gasteiger partial charge on any atom is 0.224 e. The highest BCUT2D eigenvalue weighted by molar-refractivity contribution is 7.98. The molecule has 2 rings (SSSR count). The van der Waals surface area contributed by atoms with E-state index in [0.717, 1.165) is 18.6 Å². The Hall–Kier alpha value is -1.26. The Morgan fingerprint density at radius 1 is 1.21 bits per heavy atom. The van der Waals surface area contributed by atoms with Crippen molar-refractivity contribution in [1.29, 1.82) is 0 Å². The van der Waals surface area contributed by atoms with Crippen molar-refractivity contribution in [1.82, 2.24) is 9.97 Å². The van der Waals surface area contributed by atoms with Gasteiger partial charge in [-0.3, -0.25) is 0 Å². The lowest BCUT2D eigenvalue weighted by Crippen LogP contribution is -1.93.